The van der Waals surface area contributed by atoms with E-state index in [2.05, 4.69) is 0 Å². The summed E-state index contributed by atoms with van der Waals surface area (Å²) in [6, 6.07) is 0. The molecule has 0 saturated carbocycles. The van der Waals surface area contributed by atoms with Crippen LogP contribution in [0.4, 0.5) is 0 Å². The van der Waals surface area contributed by atoms with Crippen molar-refractivity contribution in [1.82, 2.24) is 0 Å². The van der Waals surface area contributed by atoms with E-state index in [1.54, 1.807) is 12.5 Å². The number of hydrogen-bond donors (Lipinski definition) is 0. The van der Waals surface area contributed by atoms with Crippen LogP contribution in [0.3, 0.4) is 0 Å². The molecule has 2 aliphatic rings. The summed E-state index contributed by atoms with van der Waals surface area (Å²) < 4.78 is 10.4. The Morgan fingerprint density at radius 3 is 2.92 bits per heavy atom. The molecule has 0 aromatic carbocycles. The smallest absolute Gasteiger partial charge is 0.141 e. The molecule has 0 radical (unpaired) electrons. The van der Waals surface area contributed by atoms with E-state index in [1.807, 2.05) is 30.4 Å². The van der Waals surface area contributed by atoms with Crippen molar-refractivity contribution in [3.05, 3.63) is 48.5 Å². The molecule has 1 atom stereocenters. The number of allylic oxidation sites excluding steroid dienone is 2. The summed E-state index contributed by atoms with van der Waals surface area (Å²) >= 11 is 0. The number of rotatable bonds is 1. The molecule has 0 amide bonds. The Morgan fingerprint density at radius 1 is 1.25 bits per heavy atom. The second kappa shape index (κ2) is 3.30. The minimum absolute atomic E-state index is 0.0650. The van der Waals surface area contributed by atoms with E-state index in [0.717, 1.165) is 5.57 Å². The largest absolute Gasteiger partial charge is 0.497 e. The summed E-state index contributed by atoms with van der Waals surface area (Å²) in [5, 5.41) is 0. The molecule has 2 heterocycles. The average molecular weight is 162 g/mol. The van der Waals surface area contributed by atoms with E-state index >= 15 is 0 Å². The van der Waals surface area contributed by atoms with Crippen LogP contribution in [0.5, 0.6) is 0 Å². The summed E-state index contributed by atoms with van der Waals surface area (Å²) in [7, 11) is 0. The Morgan fingerprint density at radius 2 is 2.25 bits per heavy atom. The summed E-state index contributed by atoms with van der Waals surface area (Å²) in [6.45, 7) is 0.642. The van der Waals surface area contributed by atoms with Crippen LogP contribution in [0.2, 0.25) is 0 Å². The van der Waals surface area contributed by atoms with E-state index in [1.165, 1.54) is 0 Å². The van der Waals surface area contributed by atoms with Crippen LogP contribution in [0, 0.1) is 0 Å². The normalized spacial score (nSPS) is 26.0. The van der Waals surface area contributed by atoms with E-state index in [0.29, 0.717) is 6.61 Å². The Bertz CT molecular complexity index is 272. The third kappa shape index (κ3) is 1.42. The first-order valence-corrected chi connectivity index (χ1v) is 3.94. The molecule has 0 aromatic rings. The fraction of sp³-hybridized carbons (Fsp3) is 0.200. The maximum Gasteiger partial charge on any atom is 0.141 e. The summed E-state index contributed by atoms with van der Waals surface area (Å²) in [4.78, 5) is 0. The molecule has 1 unspecified atom stereocenters. The van der Waals surface area contributed by atoms with Gasteiger partial charge < -0.3 is 9.47 Å². The van der Waals surface area contributed by atoms with Gasteiger partial charge in [0, 0.05) is 0 Å². The van der Waals surface area contributed by atoms with Crippen LogP contribution in [0.15, 0.2) is 48.5 Å². The molecule has 0 spiro atoms. The van der Waals surface area contributed by atoms with Crippen LogP contribution in [0.25, 0.3) is 0 Å². The van der Waals surface area contributed by atoms with Gasteiger partial charge in [-0.25, -0.2) is 0 Å². The first-order chi connectivity index (χ1) is 5.97. The number of ether oxygens (including phenoxy) is 2. The first-order valence-electron chi connectivity index (χ1n) is 3.94. The molecule has 2 heteroatoms. The average Bonchev–Trinajstić information content (AvgIpc) is 2.21. The molecule has 2 rings (SSSR count). The summed E-state index contributed by atoms with van der Waals surface area (Å²) in [6.07, 6.45) is 13.3. The summed E-state index contributed by atoms with van der Waals surface area (Å²) in [5.74, 6) is 0. The first kappa shape index (κ1) is 7.22. The molecule has 0 saturated heterocycles. The van der Waals surface area contributed by atoms with Crippen molar-refractivity contribution in [3.63, 3.8) is 0 Å². The van der Waals surface area contributed by atoms with Crippen molar-refractivity contribution >= 4 is 0 Å². The molecule has 0 fully saturated rings. The van der Waals surface area contributed by atoms with Gasteiger partial charge in [0.2, 0.25) is 0 Å². The molecule has 2 aliphatic heterocycles. The molecule has 0 aromatic heterocycles. The van der Waals surface area contributed by atoms with Crippen molar-refractivity contribution in [2.24, 2.45) is 0 Å². The quantitative estimate of drug-likeness (QED) is 0.586. The zero-order valence-corrected chi connectivity index (χ0v) is 6.64. The third-order valence-corrected chi connectivity index (χ3v) is 1.80. The van der Waals surface area contributed by atoms with Crippen molar-refractivity contribution in [1.29, 1.82) is 0 Å². The van der Waals surface area contributed by atoms with E-state index in [-0.39, 0.29) is 6.10 Å². The maximum atomic E-state index is 5.37. The summed E-state index contributed by atoms with van der Waals surface area (Å²) in [5.41, 5.74) is 1.15. The van der Waals surface area contributed by atoms with Crippen LogP contribution >= 0.6 is 0 Å². The van der Waals surface area contributed by atoms with E-state index in [4.69, 9.17) is 9.47 Å². The third-order valence-electron chi connectivity index (χ3n) is 1.80. The second-order valence-electron chi connectivity index (χ2n) is 2.61. The monoisotopic (exact) mass is 162 g/mol. The van der Waals surface area contributed by atoms with Gasteiger partial charge in [0.25, 0.3) is 0 Å². The van der Waals surface area contributed by atoms with Crippen LogP contribution < -0.4 is 0 Å². The minimum atomic E-state index is 0.0650. The highest BCUT2D eigenvalue weighted by Gasteiger charge is 2.11. The zero-order chi connectivity index (χ0) is 8.23. The fourth-order valence-corrected chi connectivity index (χ4v) is 1.18. The molecule has 0 N–H and O–H groups in total. The molecular formula is C10H10O2. The maximum absolute atomic E-state index is 5.37. The molecule has 0 bridgehead atoms. The predicted octanol–water partition coefficient (Wildman–Crippen LogP) is 1.93. The highest BCUT2D eigenvalue weighted by molar-refractivity contribution is 5.30. The van der Waals surface area contributed by atoms with Crippen molar-refractivity contribution in [3.8, 4) is 0 Å². The van der Waals surface area contributed by atoms with Gasteiger partial charge in [0.05, 0.1) is 12.5 Å². The highest BCUT2D eigenvalue weighted by Crippen LogP contribution is 2.16. The standard InChI is InChI=1S/C10H10O2/c1-2-6-12-10(3-1)9-4-7-11-8-5-9/h1-7,10H,8H2. The molecular weight excluding hydrogens is 152 g/mol. The van der Waals surface area contributed by atoms with Crippen molar-refractivity contribution < 1.29 is 9.47 Å². The molecule has 12 heavy (non-hydrogen) atoms. The SMILES string of the molecule is C1=COC(C2=CCOC=C2)C=C1. The van der Waals surface area contributed by atoms with Crippen molar-refractivity contribution in [2.75, 3.05) is 6.61 Å². The Labute approximate surface area is 71.5 Å². The van der Waals surface area contributed by atoms with E-state index in [9.17, 15) is 0 Å². The van der Waals surface area contributed by atoms with Gasteiger partial charge >= 0.3 is 0 Å². The topological polar surface area (TPSA) is 18.5 Å². The second-order valence-corrected chi connectivity index (χ2v) is 2.61. The van der Waals surface area contributed by atoms with Gasteiger partial charge in [-0.3, -0.25) is 0 Å². The van der Waals surface area contributed by atoms with E-state index < -0.39 is 0 Å². The Kier molecular flexibility index (Phi) is 1.99. The van der Waals surface area contributed by atoms with Gasteiger partial charge in [-0.15, -0.1) is 0 Å². The Hall–Kier alpha value is -1.44. The highest BCUT2D eigenvalue weighted by atomic mass is 16.5. The molecule has 0 aliphatic carbocycles. The van der Waals surface area contributed by atoms with Crippen LogP contribution in [-0.2, 0) is 9.47 Å². The number of hydrogen-bond acceptors (Lipinski definition) is 2. The van der Waals surface area contributed by atoms with Gasteiger partial charge in [-0.05, 0) is 29.9 Å². The van der Waals surface area contributed by atoms with Gasteiger partial charge in [0.15, 0.2) is 0 Å². The molecule has 2 nitrogen and oxygen atoms in total. The lowest BCUT2D eigenvalue weighted by molar-refractivity contribution is 0.210. The zero-order valence-electron chi connectivity index (χ0n) is 6.64. The van der Waals surface area contributed by atoms with Crippen LogP contribution in [0.1, 0.15) is 0 Å². The van der Waals surface area contributed by atoms with Gasteiger partial charge in [-0.2, -0.15) is 0 Å². The fourth-order valence-electron chi connectivity index (χ4n) is 1.18. The lowest BCUT2D eigenvalue weighted by Gasteiger charge is -2.18. The lowest BCUT2D eigenvalue weighted by Crippen LogP contribution is -2.12. The van der Waals surface area contributed by atoms with Crippen molar-refractivity contribution in [2.45, 2.75) is 6.10 Å². The minimum Gasteiger partial charge on any atom is -0.497 e. The van der Waals surface area contributed by atoms with Gasteiger partial charge in [0.1, 0.15) is 12.7 Å². The van der Waals surface area contributed by atoms with Crippen LogP contribution in [-0.4, -0.2) is 12.7 Å². The lowest BCUT2D eigenvalue weighted by atomic mass is 10.1. The Balaban J connectivity index is 2.09. The van der Waals surface area contributed by atoms with Gasteiger partial charge in [-0.1, -0.05) is 6.08 Å². The predicted molar refractivity (Wildman–Crippen MR) is 46.3 cm³/mol. The molecule has 62 valence electrons.